The Labute approximate surface area is 175 Å². The van der Waals surface area contributed by atoms with Gasteiger partial charge in [0.25, 0.3) is 0 Å². The molecule has 0 N–H and O–H groups in total. The number of rotatable bonds is 9. The third-order valence-electron chi connectivity index (χ3n) is 4.47. The van der Waals surface area contributed by atoms with Gasteiger partial charge in [0, 0.05) is 0 Å². The Hall–Kier alpha value is -1.40. The van der Waals surface area contributed by atoms with E-state index < -0.39 is 8.07 Å². The molecule has 152 valence electrons. The van der Waals surface area contributed by atoms with Crippen molar-refractivity contribution < 1.29 is 14.2 Å². The minimum Gasteiger partial charge on any atom is -0.0694 e. The average molecular weight is 466 g/mol. The topological polar surface area (TPSA) is 53.5 Å². The standard InChI is InChI=1S/C21H30N2O3SeSi/c1-16-14-22-21(23-20(16)24-12-13-28(2,3)4)25-15-17-10-11-19(26-17)27-18-8-6-5-7-9-18/h5-9,14,17,19H,10-13,15H2,1-4H3/t17-,19?/m0/s1. The minimum absolute atomic E-state index is 0.108. The molecule has 1 aromatic heterocycles. The van der Waals surface area contributed by atoms with Crippen molar-refractivity contribution in [3.63, 3.8) is 0 Å². The van der Waals surface area contributed by atoms with E-state index in [9.17, 15) is 0 Å². The first-order valence-corrected chi connectivity index (χ1v) is 15.4. The Bertz CT molecular complexity index is 755. The van der Waals surface area contributed by atoms with Gasteiger partial charge in [-0.25, -0.2) is 0 Å². The predicted molar refractivity (Wildman–Crippen MR) is 116 cm³/mol. The predicted octanol–water partition coefficient (Wildman–Crippen LogP) is 3.42. The van der Waals surface area contributed by atoms with Crippen LogP contribution in [0, 0.1) is 6.92 Å². The number of nitrogens with zero attached hydrogens (tertiary/aromatic N) is 2. The van der Waals surface area contributed by atoms with Gasteiger partial charge >= 0.3 is 156 Å². The van der Waals surface area contributed by atoms with E-state index in [1.807, 2.05) is 6.92 Å². The van der Waals surface area contributed by atoms with E-state index >= 15 is 0 Å². The molecule has 1 aromatic carbocycles. The van der Waals surface area contributed by atoms with Gasteiger partial charge in [-0.05, 0) is 0 Å². The van der Waals surface area contributed by atoms with Crippen LogP contribution in [0.4, 0.5) is 0 Å². The maximum absolute atomic E-state index is 6.16. The zero-order valence-corrected chi connectivity index (χ0v) is 19.9. The molecule has 0 spiro atoms. The molecule has 1 saturated heterocycles. The molecule has 1 aliphatic heterocycles. The first-order valence-electron chi connectivity index (χ1n) is 9.85. The van der Waals surface area contributed by atoms with Crippen molar-refractivity contribution in [1.82, 2.24) is 9.97 Å². The summed E-state index contributed by atoms with van der Waals surface area (Å²) in [6, 6.07) is 12.1. The molecule has 5 nitrogen and oxygen atoms in total. The van der Waals surface area contributed by atoms with Crippen LogP contribution in [-0.2, 0) is 4.74 Å². The van der Waals surface area contributed by atoms with Crippen LogP contribution < -0.4 is 13.9 Å². The van der Waals surface area contributed by atoms with Crippen LogP contribution in [0.3, 0.4) is 0 Å². The van der Waals surface area contributed by atoms with Crippen molar-refractivity contribution in [3.8, 4) is 11.9 Å². The van der Waals surface area contributed by atoms with Gasteiger partial charge in [0.1, 0.15) is 0 Å². The molecule has 28 heavy (non-hydrogen) atoms. The average Bonchev–Trinajstić information content (AvgIpc) is 3.09. The van der Waals surface area contributed by atoms with Crippen LogP contribution in [-0.4, -0.2) is 57.3 Å². The van der Waals surface area contributed by atoms with Crippen LogP contribution in [0.25, 0.3) is 0 Å². The number of hydrogen-bond donors (Lipinski definition) is 0. The molecular formula is C21H30N2O3SeSi. The summed E-state index contributed by atoms with van der Waals surface area (Å²) in [5.74, 6) is 0.626. The molecule has 0 saturated carbocycles. The normalized spacial score (nSPS) is 19.6. The van der Waals surface area contributed by atoms with E-state index in [4.69, 9.17) is 14.2 Å². The molecule has 2 aromatic rings. The van der Waals surface area contributed by atoms with Gasteiger partial charge in [-0.2, -0.15) is 0 Å². The Kier molecular flexibility index (Phi) is 7.52. The Morgan fingerprint density at radius 2 is 1.93 bits per heavy atom. The number of aromatic nitrogens is 2. The molecule has 3 rings (SSSR count). The molecule has 0 aliphatic carbocycles. The fourth-order valence-corrected chi connectivity index (χ4v) is 5.77. The summed E-state index contributed by atoms with van der Waals surface area (Å²) < 4.78 is 19.2. The quantitative estimate of drug-likeness (QED) is 0.532. The summed E-state index contributed by atoms with van der Waals surface area (Å²) in [7, 11) is -1.12. The summed E-state index contributed by atoms with van der Waals surface area (Å²) in [4.78, 5) is 8.74. The van der Waals surface area contributed by atoms with Crippen LogP contribution in [0.5, 0.6) is 11.9 Å². The van der Waals surface area contributed by atoms with E-state index in [0.717, 1.165) is 24.4 Å². The fourth-order valence-electron chi connectivity index (χ4n) is 2.78. The summed E-state index contributed by atoms with van der Waals surface area (Å²) in [5, 5.41) is 0.322. The van der Waals surface area contributed by atoms with Crippen molar-refractivity contribution in [1.29, 1.82) is 0 Å². The molecule has 0 radical (unpaired) electrons. The molecular weight excluding hydrogens is 435 g/mol. The Morgan fingerprint density at radius 3 is 2.68 bits per heavy atom. The van der Waals surface area contributed by atoms with Crippen molar-refractivity contribution >= 4 is 27.5 Å². The number of aryl methyl sites for hydroxylation is 1. The van der Waals surface area contributed by atoms with Crippen molar-refractivity contribution in [2.75, 3.05) is 13.2 Å². The smallest absolute Gasteiger partial charge is 0.0694 e. The summed E-state index contributed by atoms with van der Waals surface area (Å²) >= 11 is 0.341. The van der Waals surface area contributed by atoms with Gasteiger partial charge in [-0.3, -0.25) is 0 Å². The molecule has 1 aliphatic rings. The summed E-state index contributed by atoms with van der Waals surface area (Å²) in [6.45, 7) is 10.2. The molecule has 1 unspecified atom stereocenters. The van der Waals surface area contributed by atoms with Crippen LogP contribution in [0.2, 0.25) is 25.7 Å². The van der Waals surface area contributed by atoms with Gasteiger partial charge in [0.2, 0.25) is 0 Å². The van der Waals surface area contributed by atoms with Gasteiger partial charge in [-0.1, -0.05) is 19.6 Å². The van der Waals surface area contributed by atoms with Crippen LogP contribution >= 0.6 is 0 Å². The Morgan fingerprint density at radius 1 is 1.14 bits per heavy atom. The van der Waals surface area contributed by atoms with Crippen molar-refractivity contribution in [3.05, 3.63) is 42.1 Å². The van der Waals surface area contributed by atoms with E-state index in [2.05, 4.69) is 59.9 Å². The Balaban J connectivity index is 1.46. The third-order valence-corrected chi connectivity index (χ3v) is 8.60. The first kappa shape index (κ1) is 21.3. The summed E-state index contributed by atoms with van der Waals surface area (Å²) in [5.41, 5.74) is 0.936. The number of benzene rings is 1. The summed E-state index contributed by atoms with van der Waals surface area (Å²) in [6.07, 6.45) is 3.98. The van der Waals surface area contributed by atoms with Gasteiger partial charge < -0.3 is 0 Å². The maximum atomic E-state index is 6.16. The molecule has 7 heteroatoms. The van der Waals surface area contributed by atoms with Crippen LogP contribution in [0.15, 0.2) is 36.5 Å². The zero-order valence-electron chi connectivity index (χ0n) is 17.2. The van der Waals surface area contributed by atoms with Gasteiger partial charge in [0.05, 0.1) is 0 Å². The van der Waals surface area contributed by atoms with E-state index in [-0.39, 0.29) is 6.10 Å². The SMILES string of the molecule is Cc1cnc(OC[C@@H]2CCC([Se]c3ccccc3)O2)nc1OCC[Si](C)(C)C. The fraction of sp³-hybridized carbons (Fsp3) is 0.524. The minimum atomic E-state index is -1.12. The zero-order chi connectivity index (χ0) is 20.0. The van der Waals surface area contributed by atoms with Crippen molar-refractivity contribution in [2.45, 2.75) is 56.6 Å². The van der Waals surface area contributed by atoms with E-state index in [1.54, 1.807) is 6.20 Å². The van der Waals surface area contributed by atoms with E-state index in [1.165, 1.54) is 4.46 Å². The molecule has 2 heterocycles. The number of ether oxygens (including phenoxy) is 3. The first-order chi connectivity index (χ1) is 13.4. The van der Waals surface area contributed by atoms with Crippen LogP contribution in [0.1, 0.15) is 18.4 Å². The second-order valence-electron chi connectivity index (χ2n) is 8.31. The van der Waals surface area contributed by atoms with E-state index in [0.29, 0.717) is 45.1 Å². The number of hydrogen-bond acceptors (Lipinski definition) is 5. The van der Waals surface area contributed by atoms with Gasteiger partial charge in [-0.15, -0.1) is 0 Å². The second-order valence-corrected chi connectivity index (χ2v) is 16.5. The molecule has 2 atom stereocenters. The monoisotopic (exact) mass is 466 g/mol. The second kappa shape index (κ2) is 9.88. The molecule has 1 fully saturated rings. The molecule has 0 amide bonds. The molecule has 0 bridgehead atoms. The van der Waals surface area contributed by atoms with Gasteiger partial charge in [0.15, 0.2) is 0 Å². The van der Waals surface area contributed by atoms with Crippen molar-refractivity contribution in [2.24, 2.45) is 0 Å². The third kappa shape index (κ3) is 6.89.